The van der Waals surface area contributed by atoms with E-state index in [1.54, 1.807) is 20.0 Å². The Morgan fingerprint density at radius 1 is 1.67 bits per heavy atom. The maximum absolute atomic E-state index is 11.8. The van der Waals surface area contributed by atoms with Crippen molar-refractivity contribution < 1.29 is 0 Å². The summed E-state index contributed by atoms with van der Waals surface area (Å²) in [6.45, 7) is 5.69. The van der Waals surface area contributed by atoms with Crippen LogP contribution in [0.15, 0.2) is 17.4 Å². The number of anilines is 1. The second-order valence-corrected chi connectivity index (χ2v) is 3.04. The first-order valence-electron chi connectivity index (χ1n) is 4.56. The van der Waals surface area contributed by atoms with Crippen molar-refractivity contribution in [3.05, 3.63) is 34.3 Å². The molecule has 5 heteroatoms. The fourth-order valence-electron chi connectivity index (χ4n) is 1.41. The SMILES string of the molecule is C=CCn1nc(C)c(NC)c(C=N)c1=O. The lowest BCUT2D eigenvalue weighted by Gasteiger charge is -2.10. The monoisotopic (exact) mass is 206 g/mol. The van der Waals surface area contributed by atoms with Gasteiger partial charge in [0.05, 0.1) is 23.5 Å². The van der Waals surface area contributed by atoms with Crippen LogP contribution in [0.4, 0.5) is 5.69 Å². The molecule has 0 saturated heterocycles. The van der Waals surface area contributed by atoms with Crippen molar-refractivity contribution in [1.82, 2.24) is 9.78 Å². The normalized spacial score (nSPS) is 9.73. The maximum Gasteiger partial charge on any atom is 0.277 e. The largest absolute Gasteiger partial charge is 0.386 e. The number of nitrogens with one attached hydrogen (secondary N) is 2. The molecule has 0 atom stereocenters. The molecule has 80 valence electrons. The molecule has 0 saturated carbocycles. The van der Waals surface area contributed by atoms with Gasteiger partial charge in [0.2, 0.25) is 0 Å². The summed E-state index contributed by atoms with van der Waals surface area (Å²) in [6.07, 6.45) is 2.64. The summed E-state index contributed by atoms with van der Waals surface area (Å²) in [5, 5.41) is 14.2. The van der Waals surface area contributed by atoms with E-state index in [0.29, 0.717) is 23.5 Å². The molecule has 0 radical (unpaired) electrons. The van der Waals surface area contributed by atoms with E-state index in [1.807, 2.05) is 0 Å². The zero-order valence-corrected chi connectivity index (χ0v) is 8.87. The van der Waals surface area contributed by atoms with Gasteiger partial charge >= 0.3 is 0 Å². The van der Waals surface area contributed by atoms with Gasteiger partial charge in [-0.25, -0.2) is 4.68 Å². The molecule has 0 aromatic carbocycles. The lowest BCUT2D eigenvalue weighted by Crippen LogP contribution is -2.28. The Hall–Kier alpha value is -1.91. The predicted octanol–water partition coefficient (Wildman–Crippen LogP) is 0.777. The average molecular weight is 206 g/mol. The number of nitrogens with zero attached hydrogens (tertiary/aromatic N) is 2. The molecule has 1 heterocycles. The Labute approximate surface area is 87.9 Å². The molecule has 1 aromatic heterocycles. The lowest BCUT2D eigenvalue weighted by atomic mass is 10.2. The zero-order valence-electron chi connectivity index (χ0n) is 8.87. The van der Waals surface area contributed by atoms with Gasteiger partial charge in [-0.15, -0.1) is 6.58 Å². The molecule has 15 heavy (non-hydrogen) atoms. The first kappa shape index (κ1) is 11.2. The summed E-state index contributed by atoms with van der Waals surface area (Å²) < 4.78 is 1.30. The van der Waals surface area contributed by atoms with E-state index in [-0.39, 0.29) is 5.56 Å². The minimum atomic E-state index is -0.278. The smallest absolute Gasteiger partial charge is 0.277 e. The minimum absolute atomic E-state index is 0.278. The number of aromatic nitrogens is 2. The molecule has 0 bridgehead atoms. The summed E-state index contributed by atoms with van der Waals surface area (Å²) in [7, 11) is 1.70. The van der Waals surface area contributed by atoms with Gasteiger partial charge in [0.15, 0.2) is 0 Å². The third kappa shape index (κ3) is 1.96. The van der Waals surface area contributed by atoms with Gasteiger partial charge in [0.25, 0.3) is 5.56 Å². The summed E-state index contributed by atoms with van der Waals surface area (Å²) >= 11 is 0. The highest BCUT2D eigenvalue weighted by Gasteiger charge is 2.10. The Bertz CT molecular complexity index is 447. The van der Waals surface area contributed by atoms with Crippen LogP contribution >= 0.6 is 0 Å². The van der Waals surface area contributed by atoms with Gasteiger partial charge in [0.1, 0.15) is 0 Å². The number of hydrogen-bond acceptors (Lipinski definition) is 4. The van der Waals surface area contributed by atoms with Crippen LogP contribution in [0.3, 0.4) is 0 Å². The van der Waals surface area contributed by atoms with Crippen molar-refractivity contribution in [3.8, 4) is 0 Å². The zero-order chi connectivity index (χ0) is 11.4. The molecule has 0 spiro atoms. The Morgan fingerprint density at radius 3 is 2.80 bits per heavy atom. The standard InChI is InChI=1S/C10H14N4O/c1-4-5-14-10(15)8(6-11)9(12-3)7(2)13-14/h4,6,11-12H,1,5H2,2-3H3. The van der Waals surface area contributed by atoms with E-state index in [2.05, 4.69) is 17.0 Å². The summed E-state index contributed by atoms with van der Waals surface area (Å²) in [4.78, 5) is 11.8. The fourth-order valence-corrected chi connectivity index (χ4v) is 1.41. The molecule has 5 nitrogen and oxygen atoms in total. The maximum atomic E-state index is 11.8. The van der Waals surface area contributed by atoms with E-state index in [4.69, 9.17) is 5.41 Å². The molecule has 1 rings (SSSR count). The van der Waals surface area contributed by atoms with Crippen LogP contribution in [-0.2, 0) is 6.54 Å². The van der Waals surface area contributed by atoms with Crippen LogP contribution < -0.4 is 10.9 Å². The van der Waals surface area contributed by atoms with Crippen molar-refractivity contribution in [3.63, 3.8) is 0 Å². The molecular weight excluding hydrogens is 192 g/mol. The molecule has 0 aliphatic heterocycles. The van der Waals surface area contributed by atoms with Gasteiger partial charge in [0, 0.05) is 13.3 Å². The highest BCUT2D eigenvalue weighted by atomic mass is 16.1. The molecule has 1 aromatic rings. The van der Waals surface area contributed by atoms with Crippen molar-refractivity contribution in [2.45, 2.75) is 13.5 Å². The minimum Gasteiger partial charge on any atom is -0.386 e. The van der Waals surface area contributed by atoms with Crippen LogP contribution in [0.1, 0.15) is 11.3 Å². The number of allylic oxidation sites excluding steroid dienone is 1. The van der Waals surface area contributed by atoms with Gasteiger partial charge in [-0.2, -0.15) is 5.10 Å². The third-order valence-corrected chi connectivity index (χ3v) is 2.06. The van der Waals surface area contributed by atoms with Crippen LogP contribution in [0.5, 0.6) is 0 Å². The Balaban J connectivity index is 3.51. The fraction of sp³-hybridized carbons (Fsp3) is 0.300. The molecule has 0 aliphatic carbocycles. The Kier molecular flexibility index (Phi) is 3.38. The number of aryl methyl sites for hydroxylation is 1. The summed E-state index contributed by atoms with van der Waals surface area (Å²) in [5.74, 6) is 0. The van der Waals surface area contributed by atoms with Gasteiger partial charge < -0.3 is 10.7 Å². The predicted molar refractivity (Wildman–Crippen MR) is 60.9 cm³/mol. The average Bonchev–Trinajstić information content (AvgIpc) is 2.22. The highest BCUT2D eigenvalue weighted by molar-refractivity contribution is 5.85. The van der Waals surface area contributed by atoms with Crippen LogP contribution in [0.25, 0.3) is 0 Å². The topological polar surface area (TPSA) is 70.8 Å². The lowest BCUT2D eigenvalue weighted by molar-refractivity contribution is 0.641. The van der Waals surface area contributed by atoms with Crippen molar-refractivity contribution in [2.75, 3.05) is 12.4 Å². The van der Waals surface area contributed by atoms with Gasteiger partial charge in [-0.05, 0) is 6.92 Å². The van der Waals surface area contributed by atoms with Crippen LogP contribution in [0, 0.1) is 12.3 Å². The highest BCUT2D eigenvalue weighted by Crippen LogP contribution is 2.11. The molecule has 2 N–H and O–H groups in total. The first-order valence-corrected chi connectivity index (χ1v) is 4.56. The number of rotatable bonds is 4. The third-order valence-electron chi connectivity index (χ3n) is 2.06. The van der Waals surface area contributed by atoms with E-state index in [0.717, 1.165) is 6.21 Å². The van der Waals surface area contributed by atoms with E-state index < -0.39 is 0 Å². The van der Waals surface area contributed by atoms with Crippen molar-refractivity contribution in [2.24, 2.45) is 0 Å². The van der Waals surface area contributed by atoms with Gasteiger partial charge in [-0.1, -0.05) is 6.08 Å². The van der Waals surface area contributed by atoms with Gasteiger partial charge in [-0.3, -0.25) is 4.79 Å². The molecular formula is C10H14N4O. The van der Waals surface area contributed by atoms with E-state index in [9.17, 15) is 4.79 Å². The molecule has 0 unspecified atom stereocenters. The number of hydrogen-bond donors (Lipinski definition) is 2. The summed E-state index contributed by atoms with van der Waals surface area (Å²) in [6, 6.07) is 0. The molecule has 0 fully saturated rings. The quantitative estimate of drug-likeness (QED) is 0.565. The van der Waals surface area contributed by atoms with Crippen molar-refractivity contribution >= 4 is 11.9 Å². The second-order valence-electron chi connectivity index (χ2n) is 3.04. The first-order chi connectivity index (χ1) is 7.15. The Morgan fingerprint density at radius 2 is 2.33 bits per heavy atom. The van der Waals surface area contributed by atoms with Crippen LogP contribution in [-0.4, -0.2) is 23.0 Å². The second kappa shape index (κ2) is 4.54. The summed E-state index contributed by atoms with van der Waals surface area (Å²) in [5.41, 5.74) is 1.35. The molecule has 0 aliphatic rings. The van der Waals surface area contributed by atoms with E-state index in [1.165, 1.54) is 4.68 Å². The molecule has 0 amide bonds. The van der Waals surface area contributed by atoms with Crippen molar-refractivity contribution in [1.29, 1.82) is 5.41 Å². The van der Waals surface area contributed by atoms with Crippen LogP contribution in [0.2, 0.25) is 0 Å². The van der Waals surface area contributed by atoms with E-state index >= 15 is 0 Å².